The molecule has 0 aliphatic heterocycles. The van der Waals surface area contributed by atoms with Gasteiger partial charge in [0.25, 0.3) is 0 Å². The van der Waals surface area contributed by atoms with Gasteiger partial charge in [-0.05, 0) is 38.0 Å². The van der Waals surface area contributed by atoms with Crippen molar-refractivity contribution in [2.24, 2.45) is 0 Å². The molecule has 0 aliphatic rings. The molecule has 1 aromatic rings. The van der Waals surface area contributed by atoms with Crippen molar-refractivity contribution in [2.75, 3.05) is 5.75 Å². The Bertz CT molecular complexity index is 389. The lowest BCUT2D eigenvalue weighted by atomic mass is 10.2. The van der Waals surface area contributed by atoms with Crippen LogP contribution in [-0.2, 0) is 22.0 Å². The fourth-order valence-corrected chi connectivity index (χ4v) is 2.24. The zero-order valence-electron chi connectivity index (χ0n) is 9.34. The molecular formula is C11H15NO3S. The van der Waals surface area contributed by atoms with Crippen LogP contribution in [0.15, 0.2) is 24.5 Å². The fourth-order valence-electron chi connectivity index (χ4n) is 1.11. The highest BCUT2D eigenvalue weighted by Crippen LogP contribution is 2.14. The summed E-state index contributed by atoms with van der Waals surface area (Å²) in [6.07, 6.45) is 3.94. The Morgan fingerprint density at radius 2 is 2.00 bits per heavy atom. The van der Waals surface area contributed by atoms with E-state index in [-0.39, 0.29) is 0 Å². The number of aliphatic carboxylic acids is 1. The van der Waals surface area contributed by atoms with Crippen molar-refractivity contribution in [1.29, 1.82) is 0 Å². The van der Waals surface area contributed by atoms with Gasteiger partial charge in [0.1, 0.15) is 4.75 Å². The highest BCUT2D eigenvalue weighted by Gasteiger charge is 2.33. The molecule has 0 radical (unpaired) electrons. The molecule has 1 heterocycles. The number of carboxylic acid groups (broad SMARTS) is 1. The average molecular weight is 241 g/mol. The fraction of sp³-hybridized carbons (Fsp3) is 0.455. The van der Waals surface area contributed by atoms with E-state index in [1.54, 1.807) is 12.4 Å². The second-order valence-electron chi connectivity index (χ2n) is 3.97. The van der Waals surface area contributed by atoms with Crippen molar-refractivity contribution in [3.05, 3.63) is 30.1 Å². The predicted molar refractivity (Wildman–Crippen MR) is 62.7 cm³/mol. The number of aromatic nitrogens is 1. The van der Waals surface area contributed by atoms with Gasteiger partial charge in [-0.15, -0.1) is 0 Å². The number of carboxylic acids is 1. The molecule has 0 spiro atoms. The van der Waals surface area contributed by atoms with Crippen LogP contribution in [0.2, 0.25) is 0 Å². The molecule has 1 aromatic heterocycles. The molecule has 1 atom stereocenters. The van der Waals surface area contributed by atoms with Gasteiger partial charge in [-0.2, -0.15) is 0 Å². The van der Waals surface area contributed by atoms with E-state index < -0.39 is 21.5 Å². The quantitative estimate of drug-likeness (QED) is 0.842. The van der Waals surface area contributed by atoms with Gasteiger partial charge in [0.05, 0.1) is 0 Å². The number of rotatable bonds is 5. The predicted octanol–water partition coefficient (Wildman–Crippen LogP) is 1.24. The molecule has 0 saturated heterocycles. The highest BCUT2D eigenvalue weighted by molar-refractivity contribution is 7.87. The summed E-state index contributed by atoms with van der Waals surface area (Å²) in [6, 6.07) is 3.68. The first-order valence-corrected chi connectivity index (χ1v) is 6.27. The molecule has 1 unspecified atom stereocenters. The lowest BCUT2D eigenvalue weighted by Gasteiger charge is -2.18. The van der Waals surface area contributed by atoms with E-state index in [4.69, 9.17) is 5.11 Å². The van der Waals surface area contributed by atoms with Crippen LogP contribution in [0.1, 0.15) is 19.4 Å². The minimum Gasteiger partial charge on any atom is -0.480 e. The summed E-state index contributed by atoms with van der Waals surface area (Å²) in [7, 11) is -1.38. The van der Waals surface area contributed by atoms with Crippen LogP contribution in [0.3, 0.4) is 0 Å². The number of hydrogen-bond donors (Lipinski definition) is 1. The van der Waals surface area contributed by atoms with Gasteiger partial charge in [-0.25, -0.2) is 0 Å². The smallest absolute Gasteiger partial charge is 0.321 e. The van der Waals surface area contributed by atoms with E-state index >= 15 is 0 Å². The molecule has 5 heteroatoms. The lowest BCUT2D eigenvalue weighted by molar-refractivity contribution is -0.139. The summed E-state index contributed by atoms with van der Waals surface area (Å²) in [4.78, 5) is 14.8. The number of carbonyl (C=O) groups is 1. The SMILES string of the molecule is CC(C)(C(=O)O)S(=O)CCc1ccncc1. The van der Waals surface area contributed by atoms with Gasteiger partial charge < -0.3 is 5.11 Å². The molecule has 1 rings (SSSR count). The molecule has 16 heavy (non-hydrogen) atoms. The topological polar surface area (TPSA) is 67.3 Å². The third-order valence-corrected chi connectivity index (χ3v) is 4.30. The van der Waals surface area contributed by atoms with Crippen molar-refractivity contribution in [1.82, 2.24) is 4.98 Å². The van der Waals surface area contributed by atoms with Crippen LogP contribution >= 0.6 is 0 Å². The minimum absolute atomic E-state index is 0.351. The van der Waals surface area contributed by atoms with E-state index in [0.29, 0.717) is 12.2 Å². The maximum atomic E-state index is 11.8. The van der Waals surface area contributed by atoms with Gasteiger partial charge in [-0.3, -0.25) is 14.0 Å². The maximum absolute atomic E-state index is 11.8. The minimum atomic E-state index is -1.38. The Hall–Kier alpha value is -1.23. The first-order chi connectivity index (χ1) is 7.44. The Morgan fingerprint density at radius 3 is 2.50 bits per heavy atom. The van der Waals surface area contributed by atoms with Crippen LogP contribution in [0.4, 0.5) is 0 Å². The molecule has 0 fully saturated rings. The van der Waals surface area contributed by atoms with Crippen LogP contribution < -0.4 is 0 Å². The molecule has 0 bridgehead atoms. The first kappa shape index (κ1) is 12.8. The Kier molecular flexibility index (Phi) is 4.18. The molecule has 0 aromatic carbocycles. The lowest BCUT2D eigenvalue weighted by Crippen LogP contribution is -2.38. The molecule has 0 amide bonds. The third-order valence-electron chi connectivity index (χ3n) is 2.41. The van der Waals surface area contributed by atoms with Crippen molar-refractivity contribution in [3.8, 4) is 0 Å². The Morgan fingerprint density at radius 1 is 1.44 bits per heavy atom. The maximum Gasteiger partial charge on any atom is 0.321 e. The standard InChI is InChI=1S/C11H15NO3S/c1-11(2,10(13)14)16(15)8-5-9-3-6-12-7-4-9/h3-4,6-7H,5,8H2,1-2H3,(H,13,14). The molecule has 0 aliphatic carbocycles. The molecule has 1 N–H and O–H groups in total. The van der Waals surface area contributed by atoms with Crippen molar-refractivity contribution in [2.45, 2.75) is 25.0 Å². The van der Waals surface area contributed by atoms with E-state index in [1.807, 2.05) is 12.1 Å². The van der Waals surface area contributed by atoms with Crippen LogP contribution in [-0.4, -0.2) is 30.8 Å². The van der Waals surface area contributed by atoms with Gasteiger partial charge in [0, 0.05) is 28.9 Å². The number of hydrogen-bond acceptors (Lipinski definition) is 3. The van der Waals surface area contributed by atoms with Gasteiger partial charge in [-0.1, -0.05) is 0 Å². The zero-order chi connectivity index (χ0) is 12.2. The Balaban J connectivity index is 2.57. The zero-order valence-corrected chi connectivity index (χ0v) is 10.2. The van der Waals surface area contributed by atoms with Gasteiger partial charge >= 0.3 is 5.97 Å². The summed E-state index contributed by atoms with van der Waals surface area (Å²) in [5.74, 6) is -0.677. The van der Waals surface area contributed by atoms with E-state index in [9.17, 15) is 9.00 Å². The molecule has 0 saturated carbocycles. The Labute approximate surface area is 97.2 Å². The third kappa shape index (κ3) is 3.13. The molecule has 88 valence electrons. The first-order valence-electron chi connectivity index (χ1n) is 4.95. The molecule has 4 nitrogen and oxygen atoms in total. The summed E-state index contributed by atoms with van der Waals surface area (Å²) in [5, 5.41) is 8.91. The van der Waals surface area contributed by atoms with Crippen LogP contribution in [0, 0.1) is 0 Å². The highest BCUT2D eigenvalue weighted by atomic mass is 32.2. The van der Waals surface area contributed by atoms with E-state index in [2.05, 4.69) is 4.98 Å². The van der Waals surface area contributed by atoms with Crippen LogP contribution in [0.5, 0.6) is 0 Å². The van der Waals surface area contributed by atoms with Crippen molar-refractivity contribution >= 4 is 16.8 Å². The summed E-state index contributed by atoms with van der Waals surface area (Å²) >= 11 is 0. The normalized spacial score (nSPS) is 13.4. The van der Waals surface area contributed by atoms with E-state index in [0.717, 1.165) is 5.56 Å². The summed E-state index contributed by atoms with van der Waals surface area (Å²) < 4.78 is 10.6. The number of aryl methyl sites for hydroxylation is 1. The average Bonchev–Trinajstić information content (AvgIpc) is 2.27. The van der Waals surface area contributed by atoms with Crippen molar-refractivity contribution in [3.63, 3.8) is 0 Å². The van der Waals surface area contributed by atoms with Crippen molar-refractivity contribution < 1.29 is 14.1 Å². The van der Waals surface area contributed by atoms with E-state index in [1.165, 1.54) is 13.8 Å². The second kappa shape index (κ2) is 5.21. The second-order valence-corrected chi connectivity index (χ2v) is 6.09. The summed E-state index contributed by atoms with van der Waals surface area (Å²) in [5.41, 5.74) is 1.02. The monoisotopic (exact) mass is 241 g/mol. The summed E-state index contributed by atoms with van der Waals surface area (Å²) in [6.45, 7) is 2.97. The number of pyridine rings is 1. The van der Waals surface area contributed by atoms with Gasteiger partial charge in [0.15, 0.2) is 0 Å². The number of nitrogens with zero attached hydrogens (tertiary/aromatic N) is 1. The molecular weight excluding hydrogens is 226 g/mol. The van der Waals surface area contributed by atoms with Crippen LogP contribution in [0.25, 0.3) is 0 Å². The van der Waals surface area contributed by atoms with Gasteiger partial charge in [0.2, 0.25) is 0 Å². The largest absolute Gasteiger partial charge is 0.480 e.